The van der Waals surface area contributed by atoms with E-state index in [0.717, 1.165) is 22.3 Å². The molecule has 0 amide bonds. The molecule has 88 valence electrons. The van der Waals surface area contributed by atoms with Crippen molar-refractivity contribution in [1.82, 2.24) is 4.98 Å². The van der Waals surface area contributed by atoms with Gasteiger partial charge >= 0.3 is 0 Å². The van der Waals surface area contributed by atoms with Gasteiger partial charge in [0.25, 0.3) is 0 Å². The van der Waals surface area contributed by atoms with Crippen LogP contribution >= 0.6 is 15.9 Å². The summed E-state index contributed by atoms with van der Waals surface area (Å²) < 4.78 is 0.971. The molecule has 0 unspecified atom stereocenters. The predicted molar refractivity (Wildman–Crippen MR) is 73.6 cm³/mol. The van der Waals surface area contributed by atoms with Gasteiger partial charge in [-0.15, -0.1) is 0 Å². The minimum atomic E-state index is 0.587. The van der Waals surface area contributed by atoms with Gasteiger partial charge in [-0.3, -0.25) is 4.98 Å². The Hall–Kier alpha value is -1.39. The van der Waals surface area contributed by atoms with Crippen molar-refractivity contribution >= 4 is 21.6 Å². The molecule has 4 heteroatoms. The topological polar surface area (TPSA) is 50.9 Å². The fourth-order valence-electron chi connectivity index (χ4n) is 1.51. The number of rotatable bonds is 4. The molecule has 1 aromatic carbocycles. The molecule has 1 aromatic heterocycles. The van der Waals surface area contributed by atoms with Crippen molar-refractivity contribution in [2.24, 2.45) is 5.73 Å². The van der Waals surface area contributed by atoms with E-state index in [1.807, 2.05) is 6.07 Å². The second-order valence-electron chi connectivity index (χ2n) is 3.73. The molecule has 0 aliphatic carbocycles. The fourth-order valence-corrected chi connectivity index (χ4v) is 1.90. The average Bonchev–Trinajstić information content (AvgIpc) is 2.38. The van der Waals surface area contributed by atoms with Gasteiger partial charge in [0, 0.05) is 25.5 Å². The Bertz CT molecular complexity index is 482. The number of hydrogen-bond acceptors (Lipinski definition) is 3. The van der Waals surface area contributed by atoms with Gasteiger partial charge in [-0.2, -0.15) is 0 Å². The van der Waals surface area contributed by atoms with Gasteiger partial charge in [-0.25, -0.2) is 0 Å². The summed E-state index contributed by atoms with van der Waals surface area (Å²) in [6, 6.07) is 10.2. The summed E-state index contributed by atoms with van der Waals surface area (Å²) in [7, 11) is 0. The molecule has 0 fully saturated rings. The first-order valence-corrected chi connectivity index (χ1v) is 6.20. The third kappa shape index (κ3) is 3.28. The molecule has 2 rings (SSSR count). The highest BCUT2D eigenvalue weighted by molar-refractivity contribution is 9.10. The highest BCUT2D eigenvalue weighted by Gasteiger charge is 1.98. The van der Waals surface area contributed by atoms with Gasteiger partial charge in [0.2, 0.25) is 0 Å². The standard InChI is InChI=1S/C13H14BrN3/c14-12-9-16-6-5-13(12)17-8-11-3-1-10(7-15)2-4-11/h1-6,9H,7-8,15H2,(H,16,17). The first-order valence-electron chi connectivity index (χ1n) is 5.41. The number of hydrogen-bond donors (Lipinski definition) is 2. The Morgan fingerprint density at radius 2 is 1.82 bits per heavy atom. The predicted octanol–water partition coefficient (Wildman–Crippen LogP) is 2.91. The lowest BCUT2D eigenvalue weighted by Gasteiger charge is -2.08. The number of anilines is 1. The maximum atomic E-state index is 5.56. The number of halogens is 1. The van der Waals surface area contributed by atoms with E-state index in [1.165, 1.54) is 5.56 Å². The molecule has 2 aromatic rings. The van der Waals surface area contributed by atoms with Crippen molar-refractivity contribution in [3.05, 3.63) is 58.3 Å². The van der Waals surface area contributed by atoms with Crippen LogP contribution in [-0.4, -0.2) is 4.98 Å². The van der Waals surface area contributed by atoms with E-state index in [0.29, 0.717) is 6.54 Å². The number of nitrogens with zero attached hydrogens (tertiary/aromatic N) is 1. The number of nitrogens with two attached hydrogens (primary N) is 1. The first-order chi connectivity index (χ1) is 8.29. The van der Waals surface area contributed by atoms with Crippen molar-refractivity contribution in [1.29, 1.82) is 0 Å². The maximum Gasteiger partial charge on any atom is 0.0590 e. The fraction of sp³-hybridized carbons (Fsp3) is 0.154. The molecule has 1 heterocycles. The monoisotopic (exact) mass is 291 g/mol. The number of benzene rings is 1. The lowest BCUT2D eigenvalue weighted by atomic mass is 10.1. The zero-order valence-electron chi connectivity index (χ0n) is 9.36. The minimum Gasteiger partial charge on any atom is -0.380 e. The van der Waals surface area contributed by atoms with Gasteiger partial charge < -0.3 is 11.1 Å². The number of aromatic nitrogens is 1. The molecular formula is C13H14BrN3. The zero-order chi connectivity index (χ0) is 12.1. The van der Waals surface area contributed by atoms with Crippen LogP contribution in [0.1, 0.15) is 11.1 Å². The minimum absolute atomic E-state index is 0.587. The molecule has 0 saturated heterocycles. The second kappa shape index (κ2) is 5.80. The van der Waals surface area contributed by atoms with E-state index in [4.69, 9.17) is 5.73 Å². The molecule has 0 radical (unpaired) electrons. The van der Waals surface area contributed by atoms with Crippen LogP contribution in [0.5, 0.6) is 0 Å². The maximum absolute atomic E-state index is 5.56. The molecule has 0 aliphatic rings. The second-order valence-corrected chi connectivity index (χ2v) is 4.58. The van der Waals surface area contributed by atoms with E-state index < -0.39 is 0 Å². The van der Waals surface area contributed by atoms with Crippen molar-refractivity contribution in [3.63, 3.8) is 0 Å². The van der Waals surface area contributed by atoms with Gasteiger partial charge in [0.05, 0.1) is 10.2 Å². The lowest BCUT2D eigenvalue weighted by Crippen LogP contribution is -2.01. The van der Waals surface area contributed by atoms with Gasteiger partial charge in [-0.05, 0) is 33.1 Å². The highest BCUT2D eigenvalue weighted by Crippen LogP contribution is 2.20. The summed E-state index contributed by atoms with van der Waals surface area (Å²) in [6.07, 6.45) is 3.55. The van der Waals surface area contributed by atoms with Crippen molar-refractivity contribution < 1.29 is 0 Å². The Morgan fingerprint density at radius 3 is 2.47 bits per heavy atom. The van der Waals surface area contributed by atoms with E-state index >= 15 is 0 Å². The summed E-state index contributed by atoms with van der Waals surface area (Å²) in [6.45, 7) is 1.37. The van der Waals surface area contributed by atoms with Gasteiger partial charge in [0.1, 0.15) is 0 Å². The first kappa shape index (κ1) is 12.1. The molecular weight excluding hydrogens is 278 g/mol. The van der Waals surface area contributed by atoms with Crippen LogP contribution in [-0.2, 0) is 13.1 Å². The lowest BCUT2D eigenvalue weighted by molar-refractivity contribution is 1.06. The molecule has 3 N–H and O–H groups in total. The van der Waals surface area contributed by atoms with E-state index in [-0.39, 0.29) is 0 Å². The Morgan fingerprint density at radius 1 is 1.12 bits per heavy atom. The van der Waals surface area contributed by atoms with Gasteiger partial charge in [-0.1, -0.05) is 24.3 Å². The highest BCUT2D eigenvalue weighted by atomic mass is 79.9. The summed E-state index contributed by atoms with van der Waals surface area (Å²) in [4.78, 5) is 4.02. The van der Waals surface area contributed by atoms with Gasteiger partial charge in [0.15, 0.2) is 0 Å². The Kier molecular flexibility index (Phi) is 4.12. The van der Waals surface area contributed by atoms with Crippen LogP contribution in [0, 0.1) is 0 Å². The normalized spacial score (nSPS) is 10.2. The quantitative estimate of drug-likeness (QED) is 0.911. The van der Waals surface area contributed by atoms with Crippen molar-refractivity contribution in [2.45, 2.75) is 13.1 Å². The van der Waals surface area contributed by atoms with Crippen LogP contribution in [0.4, 0.5) is 5.69 Å². The van der Waals surface area contributed by atoms with E-state index in [1.54, 1.807) is 12.4 Å². The van der Waals surface area contributed by atoms with Crippen LogP contribution in [0.25, 0.3) is 0 Å². The summed E-state index contributed by atoms with van der Waals surface area (Å²) in [5.41, 5.74) is 8.98. The molecule has 0 bridgehead atoms. The van der Waals surface area contributed by atoms with Crippen LogP contribution in [0.2, 0.25) is 0 Å². The van der Waals surface area contributed by atoms with E-state index in [2.05, 4.69) is 50.5 Å². The van der Waals surface area contributed by atoms with E-state index in [9.17, 15) is 0 Å². The third-order valence-electron chi connectivity index (χ3n) is 2.51. The summed E-state index contributed by atoms with van der Waals surface area (Å²) in [5.74, 6) is 0. The average molecular weight is 292 g/mol. The number of nitrogens with one attached hydrogen (secondary N) is 1. The Balaban J connectivity index is 2.00. The molecule has 0 aliphatic heterocycles. The summed E-state index contributed by atoms with van der Waals surface area (Å²) in [5, 5.41) is 3.35. The summed E-state index contributed by atoms with van der Waals surface area (Å²) >= 11 is 3.45. The molecule has 0 spiro atoms. The zero-order valence-corrected chi connectivity index (χ0v) is 10.9. The van der Waals surface area contributed by atoms with Crippen LogP contribution < -0.4 is 11.1 Å². The Labute approximate surface area is 109 Å². The SMILES string of the molecule is NCc1ccc(CNc2ccncc2Br)cc1. The molecule has 0 saturated carbocycles. The van der Waals surface area contributed by atoms with Crippen molar-refractivity contribution in [2.75, 3.05) is 5.32 Å². The largest absolute Gasteiger partial charge is 0.380 e. The smallest absolute Gasteiger partial charge is 0.0590 e. The molecule has 0 atom stereocenters. The number of pyridine rings is 1. The van der Waals surface area contributed by atoms with Crippen molar-refractivity contribution in [3.8, 4) is 0 Å². The van der Waals surface area contributed by atoms with Crippen LogP contribution in [0.3, 0.4) is 0 Å². The third-order valence-corrected chi connectivity index (χ3v) is 3.15. The van der Waals surface area contributed by atoms with Crippen LogP contribution in [0.15, 0.2) is 47.2 Å². The molecule has 3 nitrogen and oxygen atoms in total. The molecule has 17 heavy (non-hydrogen) atoms.